The highest BCUT2D eigenvalue weighted by atomic mass is 16.3. The maximum atomic E-state index is 11.8. The third-order valence-electron chi connectivity index (χ3n) is 3.31. The SMILES string of the molecule is C=CCNC(=O)C(=O)N/N=C/c1ccc(CNC(=O)C(=O)Nc2ccccc2)o1. The molecule has 1 aromatic heterocycles. The van der Waals surface area contributed by atoms with Crippen molar-refractivity contribution >= 4 is 35.5 Å². The summed E-state index contributed by atoms with van der Waals surface area (Å²) in [5, 5.41) is 10.8. The van der Waals surface area contributed by atoms with Crippen LogP contribution in [-0.4, -0.2) is 36.4 Å². The predicted octanol–water partition coefficient (Wildman–Crippen LogP) is 0.287. The van der Waals surface area contributed by atoms with Crippen molar-refractivity contribution in [3.8, 4) is 0 Å². The van der Waals surface area contributed by atoms with Gasteiger partial charge in [0.2, 0.25) is 0 Å². The maximum Gasteiger partial charge on any atom is 0.329 e. The smallest absolute Gasteiger partial charge is 0.329 e. The van der Waals surface area contributed by atoms with Gasteiger partial charge in [0.15, 0.2) is 0 Å². The lowest BCUT2D eigenvalue weighted by molar-refractivity contribution is -0.139. The molecule has 2 rings (SSSR count). The molecule has 0 bridgehead atoms. The Kier molecular flexibility index (Phi) is 7.87. The zero-order valence-electron chi connectivity index (χ0n) is 15.3. The largest absolute Gasteiger partial charge is 0.458 e. The molecule has 1 aromatic carbocycles. The van der Waals surface area contributed by atoms with Gasteiger partial charge < -0.3 is 20.4 Å². The van der Waals surface area contributed by atoms with Crippen molar-refractivity contribution < 1.29 is 23.6 Å². The van der Waals surface area contributed by atoms with E-state index in [4.69, 9.17) is 4.42 Å². The van der Waals surface area contributed by atoms with E-state index in [0.717, 1.165) is 0 Å². The van der Waals surface area contributed by atoms with Crippen molar-refractivity contribution in [3.05, 3.63) is 66.6 Å². The van der Waals surface area contributed by atoms with E-state index in [1.807, 2.05) is 5.43 Å². The number of carbonyl (C=O) groups is 4. The number of furan rings is 1. The zero-order valence-corrected chi connectivity index (χ0v) is 15.3. The number of hydrogen-bond donors (Lipinski definition) is 4. The summed E-state index contributed by atoms with van der Waals surface area (Å²) < 4.78 is 5.38. The van der Waals surface area contributed by atoms with Crippen LogP contribution in [0.15, 0.2) is 64.6 Å². The van der Waals surface area contributed by atoms with Crippen LogP contribution in [0.1, 0.15) is 11.5 Å². The number of para-hydroxylation sites is 1. The lowest BCUT2D eigenvalue weighted by Crippen LogP contribution is -2.37. The van der Waals surface area contributed by atoms with Crippen LogP contribution in [0.2, 0.25) is 0 Å². The van der Waals surface area contributed by atoms with Gasteiger partial charge in [-0.2, -0.15) is 5.10 Å². The Bertz CT molecular complexity index is 920. The Hall–Kier alpha value is -4.21. The predicted molar refractivity (Wildman–Crippen MR) is 105 cm³/mol. The van der Waals surface area contributed by atoms with Gasteiger partial charge in [-0.05, 0) is 24.3 Å². The number of nitrogens with zero attached hydrogens (tertiary/aromatic N) is 1. The van der Waals surface area contributed by atoms with Gasteiger partial charge >= 0.3 is 23.6 Å². The first-order valence-electron chi connectivity index (χ1n) is 8.44. The summed E-state index contributed by atoms with van der Waals surface area (Å²) in [5.41, 5.74) is 2.54. The van der Waals surface area contributed by atoms with E-state index in [0.29, 0.717) is 11.4 Å². The highest BCUT2D eigenvalue weighted by molar-refractivity contribution is 6.39. The number of nitrogens with one attached hydrogen (secondary N) is 4. The Morgan fingerprint density at radius 2 is 1.66 bits per heavy atom. The molecule has 0 fully saturated rings. The van der Waals surface area contributed by atoms with Crippen LogP contribution >= 0.6 is 0 Å². The van der Waals surface area contributed by atoms with Crippen molar-refractivity contribution in [1.29, 1.82) is 0 Å². The number of benzene rings is 1. The third-order valence-corrected chi connectivity index (χ3v) is 3.31. The van der Waals surface area contributed by atoms with Gasteiger partial charge in [0.05, 0.1) is 12.8 Å². The number of hydrazone groups is 1. The van der Waals surface area contributed by atoms with Gasteiger partial charge in [0, 0.05) is 12.2 Å². The minimum atomic E-state index is -0.938. The zero-order chi connectivity index (χ0) is 21.1. The van der Waals surface area contributed by atoms with E-state index >= 15 is 0 Å². The van der Waals surface area contributed by atoms with Crippen molar-refractivity contribution in [2.24, 2.45) is 5.10 Å². The molecule has 4 N–H and O–H groups in total. The van der Waals surface area contributed by atoms with Crippen LogP contribution in [0.4, 0.5) is 5.69 Å². The second-order valence-electron chi connectivity index (χ2n) is 5.50. The molecule has 0 saturated heterocycles. The van der Waals surface area contributed by atoms with Gasteiger partial charge in [-0.25, -0.2) is 5.43 Å². The van der Waals surface area contributed by atoms with Gasteiger partial charge in [-0.15, -0.1) is 6.58 Å². The average molecular weight is 397 g/mol. The first kappa shape index (κ1) is 21.1. The van der Waals surface area contributed by atoms with Crippen molar-refractivity contribution in [3.63, 3.8) is 0 Å². The van der Waals surface area contributed by atoms with E-state index < -0.39 is 23.6 Å². The number of anilines is 1. The summed E-state index contributed by atoms with van der Waals surface area (Å²) in [6, 6.07) is 11.7. The van der Waals surface area contributed by atoms with Crippen LogP contribution in [-0.2, 0) is 25.7 Å². The fourth-order valence-electron chi connectivity index (χ4n) is 1.97. The van der Waals surface area contributed by atoms with Gasteiger partial charge in [0.25, 0.3) is 0 Å². The van der Waals surface area contributed by atoms with Gasteiger partial charge in [0.1, 0.15) is 11.5 Å². The molecule has 0 radical (unpaired) electrons. The summed E-state index contributed by atoms with van der Waals surface area (Å²) >= 11 is 0. The minimum absolute atomic E-state index is 0.0226. The van der Waals surface area contributed by atoms with Crippen molar-refractivity contribution in [2.75, 3.05) is 11.9 Å². The van der Waals surface area contributed by atoms with Crippen LogP contribution in [0.5, 0.6) is 0 Å². The summed E-state index contributed by atoms with van der Waals surface area (Å²) in [6.45, 7) is 3.55. The minimum Gasteiger partial charge on any atom is -0.458 e. The molecule has 0 spiro atoms. The normalized spacial score (nSPS) is 10.2. The Labute approximate surface area is 166 Å². The fraction of sp³-hybridized carbons (Fsp3) is 0.105. The van der Waals surface area contributed by atoms with Gasteiger partial charge in [-0.3, -0.25) is 19.2 Å². The van der Waals surface area contributed by atoms with E-state index in [-0.39, 0.29) is 18.8 Å². The molecule has 0 unspecified atom stereocenters. The maximum absolute atomic E-state index is 11.8. The molecule has 1 heterocycles. The van der Waals surface area contributed by atoms with E-state index in [1.54, 1.807) is 42.5 Å². The molecule has 10 heteroatoms. The molecular weight excluding hydrogens is 378 g/mol. The Balaban J connectivity index is 1.77. The number of hydrogen-bond acceptors (Lipinski definition) is 6. The summed E-state index contributed by atoms with van der Waals surface area (Å²) in [5.74, 6) is -2.78. The molecule has 4 amide bonds. The Morgan fingerprint density at radius 3 is 2.38 bits per heavy atom. The molecule has 0 aliphatic heterocycles. The molecule has 0 aliphatic carbocycles. The summed E-state index contributed by atoms with van der Waals surface area (Å²) in [6.07, 6.45) is 2.62. The summed E-state index contributed by atoms with van der Waals surface area (Å²) in [7, 11) is 0. The molecular formula is C19H19N5O5. The lowest BCUT2D eigenvalue weighted by Gasteiger charge is -2.05. The second kappa shape index (κ2) is 10.8. The second-order valence-corrected chi connectivity index (χ2v) is 5.50. The number of amides is 4. The van der Waals surface area contributed by atoms with E-state index in [9.17, 15) is 19.2 Å². The standard InChI is InChI=1S/C19H19N5O5/c1-2-10-20-17(26)19(28)24-22-12-15-9-8-14(29-15)11-21-16(25)18(27)23-13-6-4-3-5-7-13/h2-9,12H,1,10-11H2,(H,20,26)(H,21,25)(H,23,27)(H,24,28)/b22-12+. The number of carbonyl (C=O) groups excluding carboxylic acids is 4. The fourth-order valence-corrected chi connectivity index (χ4v) is 1.97. The van der Waals surface area contributed by atoms with E-state index in [1.165, 1.54) is 12.3 Å². The van der Waals surface area contributed by atoms with Crippen LogP contribution in [0, 0.1) is 0 Å². The lowest BCUT2D eigenvalue weighted by atomic mass is 10.3. The Morgan fingerprint density at radius 1 is 0.931 bits per heavy atom. The summed E-state index contributed by atoms with van der Waals surface area (Å²) in [4.78, 5) is 46.4. The molecule has 2 aromatic rings. The average Bonchev–Trinajstić information content (AvgIpc) is 3.18. The quantitative estimate of drug-likeness (QED) is 0.230. The first-order chi connectivity index (χ1) is 14.0. The topological polar surface area (TPSA) is 142 Å². The van der Waals surface area contributed by atoms with Crippen molar-refractivity contribution in [2.45, 2.75) is 6.54 Å². The molecule has 10 nitrogen and oxygen atoms in total. The van der Waals surface area contributed by atoms with E-state index in [2.05, 4.69) is 27.6 Å². The molecule has 29 heavy (non-hydrogen) atoms. The van der Waals surface area contributed by atoms with Crippen molar-refractivity contribution in [1.82, 2.24) is 16.1 Å². The monoisotopic (exact) mass is 397 g/mol. The molecule has 0 saturated carbocycles. The highest BCUT2D eigenvalue weighted by Crippen LogP contribution is 2.06. The first-order valence-corrected chi connectivity index (χ1v) is 8.44. The molecule has 0 atom stereocenters. The van der Waals surface area contributed by atoms with Crippen LogP contribution in [0.25, 0.3) is 0 Å². The molecule has 0 aliphatic rings. The van der Waals surface area contributed by atoms with Gasteiger partial charge in [-0.1, -0.05) is 24.3 Å². The van der Waals surface area contributed by atoms with Crippen LogP contribution < -0.4 is 21.4 Å². The molecule has 150 valence electrons. The highest BCUT2D eigenvalue weighted by Gasteiger charge is 2.14. The number of rotatable bonds is 7. The third kappa shape index (κ3) is 7.13. The van der Waals surface area contributed by atoms with Crippen LogP contribution in [0.3, 0.4) is 0 Å².